The first-order valence-corrected chi connectivity index (χ1v) is 8.32. The first-order chi connectivity index (χ1) is 10.7. The number of rotatable bonds is 2. The first kappa shape index (κ1) is 13.8. The van der Waals surface area contributed by atoms with Gasteiger partial charge in [0, 0.05) is 48.2 Å². The van der Waals surface area contributed by atoms with E-state index in [1.54, 1.807) is 11.3 Å². The lowest BCUT2D eigenvalue weighted by atomic mass is 10.1. The molecule has 3 aromatic heterocycles. The average molecular weight is 330 g/mol. The van der Waals surface area contributed by atoms with Crippen molar-refractivity contribution in [2.24, 2.45) is 0 Å². The van der Waals surface area contributed by atoms with Gasteiger partial charge < -0.3 is 4.98 Å². The lowest BCUT2D eigenvalue weighted by Gasteiger charge is -2.27. The highest BCUT2D eigenvalue weighted by atomic mass is 32.1. The standard InChI is InChI=1S/C15H14N4OS2/c20-13-11-8-19(5-3-12(11)17-15(21)18-13)7-10-6-9-2-1-4-16-14(9)22-10/h1-2,4,6H,3,5,7-8H2,(H2,17,18,20,21). The second-order valence-electron chi connectivity index (χ2n) is 5.44. The Kier molecular flexibility index (Phi) is 3.40. The third-order valence-electron chi connectivity index (χ3n) is 3.91. The van der Waals surface area contributed by atoms with Gasteiger partial charge in [-0.3, -0.25) is 14.7 Å². The maximum absolute atomic E-state index is 12.0. The van der Waals surface area contributed by atoms with Crippen LogP contribution in [0.1, 0.15) is 16.1 Å². The Bertz CT molecular complexity index is 923. The predicted molar refractivity (Wildman–Crippen MR) is 89.7 cm³/mol. The van der Waals surface area contributed by atoms with E-state index in [0.29, 0.717) is 11.3 Å². The molecule has 4 heterocycles. The number of hydrogen-bond acceptors (Lipinski definition) is 5. The Morgan fingerprint density at radius 2 is 2.32 bits per heavy atom. The number of aromatic nitrogens is 3. The number of hydrogen-bond donors (Lipinski definition) is 2. The molecule has 7 heteroatoms. The number of nitrogens with one attached hydrogen (secondary N) is 2. The molecule has 0 unspecified atom stereocenters. The van der Waals surface area contributed by atoms with Gasteiger partial charge in [-0.25, -0.2) is 4.98 Å². The number of fused-ring (bicyclic) bond motifs is 2. The van der Waals surface area contributed by atoms with Crippen molar-refractivity contribution in [1.29, 1.82) is 0 Å². The summed E-state index contributed by atoms with van der Waals surface area (Å²) in [6.07, 6.45) is 2.65. The summed E-state index contributed by atoms with van der Waals surface area (Å²) in [6, 6.07) is 6.22. The Labute approximate surface area is 135 Å². The Hall–Kier alpha value is -1.83. The number of nitrogens with zero attached hydrogens (tertiary/aromatic N) is 2. The summed E-state index contributed by atoms with van der Waals surface area (Å²) in [5.41, 5.74) is 1.71. The summed E-state index contributed by atoms with van der Waals surface area (Å²) in [5, 5.41) is 1.18. The molecule has 22 heavy (non-hydrogen) atoms. The maximum Gasteiger partial charge on any atom is 0.256 e. The SMILES string of the molecule is O=c1[nH]c(=S)[nH]c2c1CN(Cc1cc3cccnc3s1)CC2. The fourth-order valence-corrected chi connectivity index (χ4v) is 4.13. The molecular formula is C15H14N4OS2. The van der Waals surface area contributed by atoms with Gasteiger partial charge in [-0.05, 0) is 24.4 Å². The molecule has 1 aliphatic rings. The van der Waals surface area contributed by atoms with E-state index in [2.05, 4.69) is 32.0 Å². The Morgan fingerprint density at radius 1 is 1.41 bits per heavy atom. The lowest BCUT2D eigenvalue weighted by Crippen LogP contribution is -2.35. The second-order valence-corrected chi connectivity index (χ2v) is 6.96. The van der Waals surface area contributed by atoms with Crippen molar-refractivity contribution in [2.75, 3.05) is 6.54 Å². The van der Waals surface area contributed by atoms with Crippen molar-refractivity contribution in [3.05, 3.63) is 55.7 Å². The molecule has 0 fully saturated rings. The average Bonchev–Trinajstić information content (AvgIpc) is 2.90. The molecule has 2 N–H and O–H groups in total. The maximum atomic E-state index is 12.0. The zero-order valence-corrected chi connectivity index (χ0v) is 13.4. The number of thiophene rings is 1. The highest BCUT2D eigenvalue weighted by molar-refractivity contribution is 7.71. The van der Waals surface area contributed by atoms with Crippen molar-refractivity contribution < 1.29 is 0 Å². The molecule has 0 saturated carbocycles. The van der Waals surface area contributed by atoms with Crippen molar-refractivity contribution >= 4 is 33.8 Å². The summed E-state index contributed by atoms with van der Waals surface area (Å²) < 4.78 is 0.410. The zero-order valence-electron chi connectivity index (χ0n) is 11.8. The third-order valence-corrected chi connectivity index (χ3v) is 5.16. The molecule has 0 bridgehead atoms. The molecule has 3 aromatic rings. The molecule has 112 valence electrons. The minimum atomic E-state index is -0.0681. The second kappa shape index (κ2) is 5.42. The normalized spacial score (nSPS) is 15.1. The van der Waals surface area contributed by atoms with E-state index >= 15 is 0 Å². The van der Waals surface area contributed by atoms with Gasteiger partial charge in [0.1, 0.15) is 4.83 Å². The van der Waals surface area contributed by atoms with Crippen LogP contribution in [0.4, 0.5) is 0 Å². The molecule has 0 atom stereocenters. The molecule has 1 aliphatic heterocycles. The van der Waals surface area contributed by atoms with E-state index in [9.17, 15) is 4.79 Å². The number of aromatic amines is 2. The third kappa shape index (κ3) is 2.51. The minimum absolute atomic E-state index is 0.0681. The number of pyridine rings is 1. The monoisotopic (exact) mass is 330 g/mol. The van der Waals surface area contributed by atoms with Gasteiger partial charge in [0.15, 0.2) is 4.77 Å². The van der Waals surface area contributed by atoms with Crippen LogP contribution >= 0.6 is 23.6 Å². The van der Waals surface area contributed by atoms with Crippen LogP contribution < -0.4 is 5.56 Å². The molecule has 5 nitrogen and oxygen atoms in total. The largest absolute Gasteiger partial charge is 0.335 e. The molecule has 0 aliphatic carbocycles. The molecule has 0 amide bonds. The van der Waals surface area contributed by atoms with Gasteiger partial charge >= 0.3 is 0 Å². The van der Waals surface area contributed by atoms with Crippen LogP contribution in [0.2, 0.25) is 0 Å². The predicted octanol–water partition coefficient (Wildman–Crippen LogP) is 2.60. The summed E-state index contributed by atoms with van der Waals surface area (Å²) in [5.74, 6) is 0. The Balaban J connectivity index is 1.60. The molecule has 0 saturated heterocycles. The van der Waals surface area contributed by atoms with E-state index in [4.69, 9.17) is 12.2 Å². The summed E-state index contributed by atoms with van der Waals surface area (Å²) in [4.78, 5) is 26.8. The van der Waals surface area contributed by atoms with E-state index in [1.807, 2.05) is 12.3 Å². The van der Waals surface area contributed by atoms with E-state index in [1.165, 1.54) is 10.3 Å². The molecule has 0 aromatic carbocycles. The molecule has 4 rings (SSSR count). The van der Waals surface area contributed by atoms with Crippen LogP contribution in [0.3, 0.4) is 0 Å². The van der Waals surface area contributed by atoms with Gasteiger partial charge in [-0.1, -0.05) is 6.07 Å². The molecule has 0 radical (unpaired) electrons. The van der Waals surface area contributed by atoms with Crippen molar-refractivity contribution in [1.82, 2.24) is 19.9 Å². The van der Waals surface area contributed by atoms with Gasteiger partial charge in [0.05, 0.1) is 5.56 Å². The molecular weight excluding hydrogens is 316 g/mol. The minimum Gasteiger partial charge on any atom is -0.335 e. The summed E-state index contributed by atoms with van der Waals surface area (Å²) >= 11 is 6.74. The van der Waals surface area contributed by atoms with Gasteiger partial charge in [0.2, 0.25) is 0 Å². The topological polar surface area (TPSA) is 64.8 Å². The van der Waals surface area contributed by atoms with Crippen LogP contribution in [-0.4, -0.2) is 26.4 Å². The quantitative estimate of drug-likeness (QED) is 0.709. The fourth-order valence-electron chi connectivity index (χ4n) is 2.87. The fraction of sp³-hybridized carbons (Fsp3) is 0.267. The van der Waals surface area contributed by atoms with E-state index in [0.717, 1.165) is 35.6 Å². The van der Waals surface area contributed by atoms with E-state index < -0.39 is 0 Å². The van der Waals surface area contributed by atoms with Crippen molar-refractivity contribution in [2.45, 2.75) is 19.5 Å². The van der Waals surface area contributed by atoms with E-state index in [-0.39, 0.29) is 5.56 Å². The van der Waals surface area contributed by atoms with Crippen molar-refractivity contribution in [3.8, 4) is 0 Å². The summed E-state index contributed by atoms with van der Waals surface area (Å²) in [7, 11) is 0. The smallest absolute Gasteiger partial charge is 0.256 e. The highest BCUT2D eigenvalue weighted by Crippen LogP contribution is 2.25. The van der Waals surface area contributed by atoms with Gasteiger partial charge in [0.25, 0.3) is 5.56 Å². The molecule has 0 spiro atoms. The summed E-state index contributed by atoms with van der Waals surface area (Å²) in [6.45, 7) is 2.41. The van der Waals surface area contributed by atoms with Crippen LogP contribution in [0.25, 0.3) is 10.2 Å². The van der Waals surface area contributed by atoms with Gasteiger partial charge in [-0.15, -0.1) is 11.3 Å². The zero-order chi connectivity index (χ0) is 15.1. The van der Waals surface area contributed by atoms with Crippen LogP contribution in [-0.2, 0) is 19.5 Å². The lowest BCUT2D eigenvalue weighted by molar-refractivity contribution is 0.244. The number of H-pyrrole nitrogens is 2. The van der Waals surface area contributed by atoms with Crippen LogP contribution in [0.5, 0.6) is 0 Å². The van der Waals surface area contributed by atoms with Gasteiger partial charge in [-0.2, -0.15) is 0 Å². The van der Waals surface area contributed by atoms with Crippen LogP contribution in [0.15, 0.2) is 29.2 Å². The van der Waals surface area contributed by atoms with Crippen molar-refractivity contribution in [3.63, 3.8) is 0 Å². The van der Waals surface area contributed by atoms with Crippen LogP contribution in [0, 0.1) is 4.77 Å². The first-order valence-electron chi connectivity index (χ1n) is 7.09. The highest BCUT2D eigenvalue weighted by Gasteiger charge is 2.20. The Morgan fingerprint density at radius 3 is 3.18 bits per heavy atom.